The van der Waals surface area contributed by atoms with Gasteiger partial charge in [-0.25, -0.2) is 0 Å². The lowest BCUT2D eigenvalue weighted by Gasteiger charge is -2.02. The van der Waals surface area contributed by atoms with Gasteiger partial charge in [-0.2, -0.15) is 0 Å². The van der Waals surface area contributed by atoms with E-state index < -0.39 is 16.6 Å². The van der Waals surface area contributed by atoms with Gasteiger partial charge in [-0.15, -0.1) is 0 Å². The first-order valence-corrected chi connectivity index (χ1v) is 5.63. The SMILES string of the molecule is Cc1cc(-c2ccc(-c3c(O)c(=O)c3=O)o2)ccn1. The highest BCUT2D eigenvalue weighted by Crippen LogP contribution is 2.30. The van der Waals surface area contributed by atoms with Gasteiger partial charge in [0, 0.05) is 17.5 Å². The topological polar surface area (TPSA) is 80.4 Å². The first-order valence-electron chi connectivity index (χ1n) is 5.63. The fourth-order valence-electron chi connectivity index (χ4n) is 1.93. The van der Waals surface area contributed by atoms with E-state index in [-0.39, 0.29) is 11.3 Å². The van der Waals surface area contributed by atoms with Crippen LogP contribution in [0.5, 0.6) is 5.75 Å². The molecule has 5 heteroatoms. The average molecular weight is 255 g/mol. The third kappa shape index (κ3) is 1.67. The third-order valence-electron chi connectivity index (χ3n) is 2.92. The van der Waals surface area contributed by atoms with Crippen molar-refractivity contribution in [3.8, 4) is 28.4 Å². The summed E-state index contributed by atoms with van der Waals surface area (Å²) in [4.78, 5) is 26.4. The summed E-state index contributed by atoms with van der Waals surface area (Å²) in [5, 5.41) is 9.36. The molecule has 0 spiro atoms. The van der Waals surface area contributed by atoms with Gasteiger partial charge in [0.15, 0.2) is 5.75 Å². The number of pyridine rings is 1. The highest BCUT2D eigenvalue weighted by atomic mass is 16.3. The average Bonchev–Trinajstić information content (AvgIpc) is 2.88. The molecule has 0 atom stereocenters. The van der Waals surface area contributed by atoms with E-state index in [9.17, 15) is 14.7 Å². The summed E-state index contributed by atoms with van der Waals surface area (Å²) in [6.45, 7) is 1.86. The quantitative estimate of drug-likeness (QED) is 0.704. The van der Waals surface area contributed by atoms with Crippen molar-refractivity contribution in [1.82, 2.24) is 4.98 Å². The molecule has 0 saturated heterocycles. The second-order valence-electron chi connectivity index (χ2n) is 4.23. The van der Waals surface area contributed by atoms with Gasteiger partial charge in [0.1, 0.15) is 17.1 Å². The van der Waals surface area contributed by atoms with Crippen LogP contribution < -0.4 is 10.9 Å². The van der Waals surface area contributed by atoms with Crippen molar-refractivity contribution in [2.45, 2.75) is 6.92 Å². The van der Waals surface area contributed by atoms with Crippen molar-refractivity contribution >= 4 is 0 Å². The van der Waals surface area contributed by atoms with E-state index in [0.717, 1.165) is 11.3 Å². The molecule has 2 aromatic heterocycles. The molecule has 0 radical (unpaired) electrons. The Kier molecular flexibility index (Phi) is 2.35. The van der Waals surface area contributed by atoms with Crippen LogP contribution >= 0.6 is 0 Å². The Bertz CT molecular complexity index is 837. The number of aryl methyl sites for hydroxylation is 1. The van der Waals surface area contributed by atoms with Crippen LogP contribution in [-0.4, -0.2) is 10.1 Å². The van der Waals surface area contributed by atoms with Crippen LogP contribution in [0.15, 0.2) is 44.5 Å². The van der Waals surface area contributed by atoms with E-state index in [2.05, 4.69) is 4.98 Å². The van der Waals surface area contributed by atoms with E-state index in [0.29, 0.717) is 5.76 Å². The number of hydrogen-bond donors (Lipinski definition) is 1. The normalized spacial score (nSPS) is 11.0. The lowest BCUT2D eigenvalue weighted by Crippen LogP contribution is -2.31. The summed E-state index contributed by atoms with van der Waals surface area (Å²) in [6.07, 6.45) is 1.65. The zero-order chi connectivity index (χ0) is 13.6. The molecule has 2 heterocycles. The van der Waals surface area contributed by atoms with E-state index in [4.69, 9.17) is 4.42 Å². The Labute approximate surface area is 107 Å². The molecule has 94 valence electrons. The van der Waals surface area contributed by atoms with Gasteiger partial charge in [-0.3, -0.25) is 14.6 Å². The Morgan fingerprint density at radius 2 is 1.84 bits per heavy atom. The van der Waals surface area contributed by atoms with Crippen molar-refractivity contribution < 1.29 is 9.52 Å². The highest BCUT2D eigenvalue weighted by Gasteiger charge is 2.24. The molecular weight excluding hydrogens is 246 g/mol. The van der Waals surface area contributed by atoms with Gasteiger partial charge in [-0.05, 0) is 31.2 Å². The number of furan rings is 1. The van der Waals surface area contributed by atoms with E-state index in [1.165, 1.54) is 0 Å². The molecule has 1 aromatic carbocycles. The molecule has 0 amide bonds. The van der Waals surface area contributed by atoms with Crippen LogP contribution in [0.25, 0.3) is 22.6 Å². The number of aromatic hydroxyl groups is 1. The summed E-state index contributed by atoms with van der Waals surface area (Å²) in [6, 6.07) is 6.85. The predicted octanol–water partition coefficient (Wildman–Crippen LogP) is 1.62. The minimum Gasteiger partial charge on any atom is -0.503 e. The van der Waals surface area contributed by atoms with Gasteiger partial charge in [0.25, 0.3) is 5.43 Å². The van der Waals surface area contributed by atoms with E-state index in [1.54, 1.807) is 24.4 Å². The third-order valence-corrected chi connectivity index (χ3v) is 2.92. The number of hydrogen-bond acceptors (Lipinski definition) is 5. The van der Waals surface area contributed by atoms with Crippen LogP contribution in [0.1, 0.15) is 5.69 Å². The minimum atomic E-state index is -0.868. The zero-order valence-corrected chi connectivity index (χ0v) is 10.0. The molecule has 3 rings (SSSR count). The second kappa shape index (κ2) is 3.91. The molecular formula is C14H9NO4. The summed E-state index contributed by atoms with van der Waals surface area (Å²) < 4.78 is 5.50. The molecule has 0 unspecified atom stereocenters. The maximum atomic E-state index is 11.3. The van der Waals surface area contributed by atoms with Crippen molar-refractivity contribution in [1.29, 1.82) is 0 Å². The largest absolute Gasteiger partial charge is 0.503 e. The summed E-state index contributed by atoms with van der Waals surface area (Å²) in [7, 11) is 0. The van der Waals surface area contributed by atoms with Crippen LogP contribution in [0.4, 0.5) is 0 Å². The number of aromatic nitrogens is 1. The second-order valence-corrected chi connectivity index (χ2v) is 4.23. The fraction of sp³-hybridized carbons (Fsp3) is 0.0714. The Hall–Kier alpha value is -2.69. The van der Waals surface area contributed by atoms with Crippen molar-refractivity contribution in [2.24, 2.45) is 0 Å². The predicted molar refractivity (Wildman–Crippen MR) is 68.7 cm³/mol. The van der Waals surface area contributed by atoms with Crippen LogP contribution in [0.2, 0.25) is 0 Å². The van der Waals surface area contributed by atoms with Crippen LogP contribution in [-0.2, 0) is 0 Å². The van der Waals surface area contributed by atoms with Gasteiger partial charge in [0.2, 0.25) is 5.43 Å². The van der Waals surface area contributed by atoms with E-state index >= 15 is 0 Å². The maximum absolute atomic E-state index is 11.3. The number of nitrogens with zero attached hydrogens (tertiary/aromatic N) is 1. The molecule has 0 fully saturated rings. The highest BCUT2D eigenvalue weighted by molar-refractivity contribution is 5.71. The first kappa shape index (κ1) is 11.4. The van der Waals surface area contributed by atoms with Gasteiger partial charge in [0.05, 0.1) is 0 Å². The van der Waals surface area contributed by atoms with Crippen LogP contribution in [0, 0.1) is 6.92 Å². The maximum Gasteiger partial charge on any atom is 0.268 e. The van der Waals surface area contributed by atoms with Crippen LogP contribution in [0.3, 0.4) is 0 Å². The molecule has 19 heavy (non-hydrogen) atoms. The molecule has 0 aliphatic heterocycles. The summed E-state index contributed by atoms with van der Waals surface area (Å²) in [5.74, 6) is 0.219. The lowest BCUT2D eigenvalue weighted by atomic mass is 10.1. The van der Waals surface area contributed by atoms with E-state index in [1.807, 2.05) is 13.0 Å². The summed E-state index contributed by atoms with van der Waals surface area (Å²) >= 11 is 0. The molecule has 3 aromatic rings. The van der Waals surface area contributed by atoms with Crippen molar-refractivity contribution in [2.75, 3.05) is 0 Å². The molecule has 0 bridgehead atoms. The Morgan fingerprint density at radius 1 is 1.11 bits per heavy atom. The standard InChI is InChI=1S/C14H9NO4/c1-7-6-8(4-5-15-7)9-2-3-10(19-9)11-12(16)14(18)13(11)17/h2-6,16H,1H3. The summed E-state index contributed by atoms with van der Waals surface area (Å²) in [5.41, 5.74) is 0.0170. The number of rotatable bonds is 2. The smallest absolute Gasteiger partial charge is 0.268 e. The van der Waals surface area contributed by atoms with Gasteiger partial charge in [-0.1, -0.05) is 0 Å². The Morgan fingerprint density at radius 3 is 2.53 bits per heavy atom. The molecule has 0 aliphatic carbocycles. The fourth-order valence-corrected chi connectivity index (χ4v) is 1.93. The Balaban J connectivity index is 2.06. The molecule has 0 aliphatic rings. The monoisotopic (exact) mass is 255 g/mol. The minimum absolute atomic E-state index is 0.0537. The zero-order valence-electron chi connectivity index (χ0n) is 10.0. The van der Waals surface area contributed by atoms with Gasteiger partial charge >= 0.3 is 0 Å². The molecule has 0 saturated carbocycles. The molecule has 1 N–H and O–H groups in total. The van der Waals surface area contributed by atoms with Crippen molar-refractivity contribution in [3.05, 3.63) is 56.6 Å². The lowest BCUT2D eigenvalue weighted by molar-refractivity contribution is 0.461. The van der Waals surface area contributed by atoms with Gasteiger partial charge < -0.3 is 9.52 Å². The first-order chi connectivity index (χ1) is 9.08. The molecule has 5 nitrogen and oxygen atoms in total. The van der Waals surface area contributed by atoms with Crippen molar-refractivity contribution in [3.63, 3.8) is 0 Å².